The summed E-state index contributed by atoms with van der Waals surface area (Å²) in [5.74, 6) is 1.06. The predicted octanol–water partition coefficient (Wildman–Crippen LogP) is 1.80. The van der Waals surface area contributed by atoms with E-state index in [2.05, 4.69) is 67.2 Å². The normalized spacial score (nSPS) is 24.7. The molecular formula is C23H39IN6O. The molecule has 0 saturated carbocycles. The van der Waals surface area contributed by atoms with E-state index in [4.69, 9.17) is 4.74 Å². The molecule has 3 heterocycles. The maximum Gasteiger partial charge on any atom is 0.193 e. The summed E-state index contributed by atoms with van der Waals surface area (Å²) in [7, 11) is 1.91. The molecule has 2 atom stereocenters. The van der Waals surface area contributed by atoms with Gasteiger partial charge in [0.05, 0.1) is 13.2 Å². The van der Waals surface area contributed by atoms with E-state index in [1.807, 2.05) is 7.05 Å². The Labute approximate surface area is 204 Å². The molecule has 0 amide bonds. The first kappa shape index (κ1) is 24.5. The highest BCUT2D eigenvalue weighted by molar-refractivity contribution is 14.0. The van der Waals surface area contributed by atoms with Gasteiger partial charge in [-0.25, -0.2) is 0 Å². The number of halogens is 1. The number of likely N-dealkylation sites (tertiary alicyclic amines) is 1. The molecule has 1 aromatic rings. The first-order valence-corrected chi connectivity index (χ1v) is 11.6. The van der Waals surface area contributed by atoms with Crippen molar-refractivity contribution >= 4 is 35.6 Å². The van der Waals surface area contributed by atoms with E-state index in [0.717, 1.165) is 78.1 Å². The zero-order valence-electron chi connectivity index (χ0n) is 19.1. The summed E-state index contributed by atoms with van der Waals surface area (Å²) in [5.41, 5.74) is 1.34. The smallest absolute Gasteiger partial charge is 0.193 e. The second-order valence-corrected chi connectivity index (χ2v) is 8.67. The number of ether oxygens (including phenoxy) is 1. The lowest BCUT2D eigenvalue weighted by Crippen LogP contribution is -2.53. The summed E-state index contributed by atoms with van der Waals surface area (Å²) in [6, 6.07) is 11.9. The fourth-order valence-electron chi connectivity index (χ4n) is 4.93. The number of hydrogen-bond acceptors (Lipinski definition) is 5. The van der Waals surface area contributed by atoms with Gasteiger partial charge in [0.2, 0.25) is 0 Å². The van der Waals surface area contributed by atoms with E-state index in [1.54, 1.807) is 0 Å². The Kier molecular flexibility index (Phi) is 9.68. The molecule has 3 saturated heterocycles. The molecule has 3 aliphatic rings. The molecule has 8 heteroatoms. The lowest BCUT2D eigenvalue weighted by atomic mass is 10.2. The third kappa shape index (κ3) is 6.46. The summed E-state index contributed by atoms with van der Waals surface area (Å²) < 4.78 is 5.51. The zero-order valence-corrected chi connectivity index (χ0v) is 21.4. The monoisotopic (exact) mass is 542 g/mol. The Balaban J connectivity index is 0.00000272. The molecule has 1 N–H and O–H groups in total. The maximum atomic E-state index is 5.51. The van der Waals surface area contributed by atoms with Crippen LogP contribution in [0.4, 0.5) is 5.69 Å². The van der Waals surface area contributed by atoms with Crippen LogP contribution in [0, 0.1) is 0 Å². The van der Waals surface area contributed by atoms with Crippen molar-refractivity contribution in [1.29, 1.82) is 0 Å². The van der Waals surface area contributed by atoms with Crippen LogP contribution in [-0.2, 0) is 4.74 Å². The number of rotatable bonds is 5. The molecule has 0 spiro atoms. The van der Waals surface area contributed by atoms with Gasteiger partial charge in [-0.3, -0.25) is 14.8 Å². The van der Waals surface area contributed by atoms with Crippen molar-refractivity contribution in [2.75, 3.05) is 84.1 Å². The van der Waals surface area contributed by atoms with Crippen LogP contribution in [0.15, 0.2) is 35.3 Å². The van der Waals surface area contributed by atoms with Crippen LogP contribution >= 0.6 is 24.0 Å². The topological polar surface area (TPSA) is 46.6 Å². The summed E-state index contributed by atoms with van der Waals surface area (Å²) in [4.78, 5) is 14.7. The predicted molar refractivity (Wildman–Crippen MR) is 139 cm³/mol. The summed E-state index contributed by atoms with van der Waals surface area (Å²) in [5, 5.41) is 3.65. The molecule has 7 nitrogen and oxygen atoms in total. The SMILES string of the molecule is CN=C(NCC(C)N1CCN(c2ccccc2)CC1)N1CCC(N2CCOCC2)C1.I. The first-order chi connectivity index (χ1) is 14.7. The van der Waals surface area contributed by atoms with Crippen LogP contribution in [0.1, 0.15) is 13.3 Å². The van der Waals surface area contributed by atoms with Crippen molar-refractivity contribution in [2.24, 2.45) is 4.99 Å². The van der Waals surface area contributed by atoms with Gasteiger partial charge in [-0.15, -0.1) is 24.0 Å². The standard InChI is InChI=1S/C23H38N6O.HI/c1-20(26-10-12-27(13-11-26)21-6-4-3-5-7-21)18-25-23(24-2)29-9-8-22(19-29)28-14-16-30-17-15-28;/h3-7,20,22H,8-19H2,1-2H3,(H,24,25);1H. The molecule has 1 aromatic carbocycles. The number of aliphatic imine (C=N–C) groups is 1. The third-order valence-corrected chi connectivity index (χ3v) is 6.85. The first-order valence-electron chi connectivity index (χ1n) is 11.6. The van der Waals surface area contributed by atoms with Gasteiger partial charge in [0, 0.05) is 83.7 Å². The van der Waals surface area contributed by atoms with Crippen molar-refractivity contribution < 1.29 is 4.74 Å². The van der Waals surface area contributed by atoms with E-state index in [0.29, 0.717) is 12.1 Å². The van der Waals surface area contributed by atoms with Gasteiger partial charge >= 0.3 is 0 Å². The van der Waals surface area contributed by atoms with Crippen molar-refractivity contribution in [1.82, 2.24) is 20.0 Å². The highest BCUT2D eigenvalue weighted by Gasteiger charge is 2.30. The van der Waals surface area contributed by atoms with Crippen LogP contribution < -0.4 is 10.2 Å². The lowest BCUT2D eigenvalue weighted by molar-refractivity contribution is 0.0194. The number of nitrogens with one attached hydrogen (secondary N) is 1. The number of anilines is 1. The molecule has 3 aliphatic heterocycles. The average molecular weight is 543 g/mol. The second kappa shape index (κ2) is 12.2. The van der Waals surface area contributed by atoms with Gasteiger partial charge in [-0.2, -0.15) is 0 Å². The number of nitrogens with zero attached hydrogens (tertiary/aromatic N) is 5. The summed E-state index contributed by atoms with van der Waals surface area (Å²) in [6.45, 7) is 13.7. The zero-order chi connectivity index (χ0) is 20.8. The highest BCUT2D eigenvalue weighted by atomic mass is 127. The quantitative estimate of drug-likeness (QED) is 0.348. The average Bonchev–Trinajstić information content (AvgIpc) is 3.31. The van der Waals surface area contributed by atoms with Crippen molar-refractivity contribution in [2.45, 2.75) is 25.4 Å². The second-order valence-electron chi connectivity index (χ2n) is 8.67. The van der Waals surface area contributed by atoms with Crippen molar-refractivity contribution in [3.63, 3.8) is 0 Å². The van der Waals surface area contributed by atoms with Gasteiger partial charge < -0.3 is 19.9 Å². The molecule has 0 radical (unpaired) electrons. The Hall–Kier alpha value is -1.10. The summed E-state index contributed by atoms with van der Waals surface area (Å²) in [6.07, 6.45) is 1.22. The number of piperazine rings is 1. The minimum Gasteiger partial charge on any atom is -0.379 e. The minimum atomic E-state index is 0. The Morgan fingerprint density at radius 1 is 1.06 bits per heavy atom. The van der Waals surface area contributed by atoms with Gasteiger partial charge in [0.15, 0.2) is 5.96 Å². The van der Waals surface area contributed by atoms with Gasteiger partial charge in [0.25, 0.3) is 0 Å². The molecular weight excluding hydrogens is 503 g/mol. The molecule has 3 fully saturated rings. The van der Waals surface area contributed by atoms with E-state index in [-0.39, 0.29) is 24.0 Å². The van der Waals surface area contributed by atoms with Crippen LogP contribution in [-0.4, -0.2) is 112 Å². The Bertz CT molecular complexity index is 676. The molecule has 0 bridgehead atoms. The van der Waals surface area contributed by atoms with E-state index >= 15 is 0 Å². The molecule has 31 heavy (non-hydrogen) atoms. The maximum absolute atomic E-state index is 5.51. The highest BCUT2D eigenvalue weighted by Crippen LogP contribution is 2.18. The molecule has 2 unspecified atom stereocenters. The lowest BCUT2D eigenvalue weighted by Gasteiger charge is -2.39. The van der Waals surface area contributed by atoms with Crippen molar-refractivity contribution in [3.8, 4) is 0 Å². The number of guanidine groups is 1. The largest absolute Gasteiger partial charge is 0.379 e. The van der Waals surface area contributed by atoms with Gasteiger partial charge in [0.1, 0.15) is 0 Å². The number of benzene rings is 1. The minimum absolute atomic E-state index is 0. The van der Waals surface area contributed by atoms with Crippen LogP contribution in [0.3, 0.4) is 0 Å². The Morgan fingerprint density at radius 2 is 1.77 bits per heavy atom. The molecule has 0 aliphatic carbocycles. The van der Waals surface area contributed by atoms with E-state index in [9.17, 15) is 0 Å². The van der Waals surface area contributed by atoms with Crippen LogP contribution in [0.5, 0.6) is 0 Å². The van der Waals surface area contributed by atoms with Crippen LogP contribution in [0.25, 0.3) is 0 Å². The fourth-order valence-corrected chi connectivity index (χ4v) is 4.93. The van der Waals surface area contributed by atoms with E-state index in [1.165, 1.54) is 12.1 Å². The Morgan fingerprint density at radius 3 is 2.45 bits per heavy atom. The summed E-state index contributed by atoms with van der Waals surface area (Å²) >= 11 is 0. The third-order valence-electron chi connectivity index (χ3n) is 6.85. The molecule has 4 rings (SSSR count). The fraction of sp³-hybridized carbons (Fsp3) is 0.696. The van der Waals surface area contributed by atoms with Gasteiger partial charge in [-0.1, -0.05) is 18.2 Å². The number of morpholine rings is 1. The van der Waals surface area contributed by atoms with Crippen LogP contribution in [0.2, 0.25) is 0 Å². The molecule has 0 aromatic heterocycles. The van der Waals surface area contributed by atoms with Crippen molar-refractivity contribution in [3.05, 3.63) is 30.3 Å². The number of hydrogen-bond donors (Lipinski definition) is 1. The molecule has 174 valence electrons. The van der Waals surface area contributed by atoms with Gasteiger partial charge in [-0.05, 0) is 25.5 Å². The number of para-hydroxylation sites is 1. The van der Waals surface area contributed by atoms with E-state index < -0.39 is 0 Å².